The van der Waals surface area contributed by atoms with Crippen LogP contribution in [0.1, 0.15) is 46.7 Å². The number of likely N-dealkylation sites (N-methyl/N-ethyl adjacent to an activating group) is 1. The molecule has 0 unspecified atom stereocenters. The lowest BCUT2D eigenvalue weighted by molar-refractivity contribution is 0.271. The number of nitrogens with zero attached hydrogens (tertiary/aromatic N) is 4. The lowest BCUT2D eigenvalue weighted by Gasteiger charge is -2.19. The first-order valence-corrected chi connectivity index (χ1v) is 7.31. The van der Waals surface area contributed by atoms with Crippen LogP contribution in [0.15, 0.2) is 6.20 Å². The smallest absolute Gasteiger partial charge is 0.0965 e. The molecule has 0 saturated heterocycles. The molecule has 1 aromatic rings. The Morgan fingerprint density at radius 2 is 2.00 bits per heavy atom. The van der Waals surface area contributed by atoms with Crippen LogP contribution in [0.2, 0.25) is 0 Å². The first-order valence-electron chi connectivity index (χ1n) is 7.31. The molecule has 0 amide bonds. The van der Waals surface area contributed by atoms with Crippen molar-refractivity contribution in [2.45, 2.75) is 59.7 Å². The van der Waals surface area contributed by atoms with Crippen LogP contribution in [-0.2, 0) is 13.1 Å². The molecule has 0 aliphatic heterocycles. The normalized spacial score (nSPS) is 12.3. The summed E-state index contributed by atoms with van der Waals surface area (Å²) in [5, 5.41) is 11.8. The average Bonchev–Trinajstić information content (AvgIpc) is 2.79. The molecule has 0 saturated carbocycles. The first kappa shape index (κ1) is 16.1. The third-order valence-electron chi connectivity index (χ3n) is 3.02. The molecular formula is C14H29N5. The SMILES string of the molecule is CCCN(CC)CCn1cc(CNC(C)(C)C)nn1. The highest BCUT2D eigenvalue weighted by atomic mass is 15.4. The van der Waals surface area contributed by atoms with Crippen LogP contribution in [0.4, 0.5) is 0 Å². The number of rotatable bonds is 8. The van der Waals surface area contributed by atoms with Crippen molar-refractivity contribution in [3.8, 4) is 0 Å². The fraction of sp³-hybridized carbons (Fsp3) is 0.857. The molecule has 1 rings (SSSR count). The summed E-state index contributed by atoms with van der Waals surface area (Å²) in [6, 6.07) is 0. The second kappa shape index (κ2) is 7.60. The summed E-state index contributed by atoms with van der Waals surface area (Å²) < 4.78 is 1.94. The molecule has 5 nitrogen and oxygen atoms in total. The maximum absolute atomic E-state index is 4.20. The van der Waals surface area contributed by atoms with Crippen molar-refractivity contribution in [3.05, 3.63) is 11.9 Å². The summed E-state index contributed by atoms with van der Waals surface area (Å²) in [4.78, 5) is 2.44. The second-order valence-corrected chi connectivity index (χ2v) is 6.01. The molecule has 0 radical (unpaired) electrons. The molecular weight excluding hydrogens is 238 g/mol. The summed E-state index contributed by atoms with van der Waals surface area (Å²) >= 11 is 0. The molecule has 0 aliphatic rings. The molecule has 0 atom stereocenters. The predicted octanol–water partition coefficient (Wildman–Crippen LogP) is 1.90. The Bertz CT molecular complexity index is 353. The van der Waals surface area contributed by atoms with Gasteiger partial charge >= 0.3 is 0 Å². The van der Waals surface area contributed by atoms with E-state index in [9.17, 15) is 0 Å². The van der Waals surface area contributed by atoms with Crippen molar-refractivity contribution < 1.29 is 0 Å². The van der Waals surface area contributed by atoms with Gasteiger partial charge in [0.2, 0.25) is 0 Å². The van der Waals surface area contributed by atoms with Crippen molar-refractivity contribution in [1.29, 1.82) is 0 Å². The molecule has 0 aromatic carbocycles. The van der Waals surface area contributed by atoms with Gasteiger partial charge in [-0.05, 0) is 40.3 Å². The van der Waals surface area contributed by atoms with Gasteiger partial charge in [0.05, 0.1) is 12.2 Å². The van der Waals surface area contributed by atoms with Crippen LogP contribution in [0.3, 0.4) is 0 Å². The van der Waals surface area contributed by atoms with Gasteiger partial charge in [0.25, 0.3) is 0 Å². The van der Waals surface area contributed by atoms with Crippen LogP contribution in [0, 0.1) is 0 Å². The number of hydrogen-bond donors (Lipinski definition) is 1. The van der Waals surface area contributed by atoms with E-state index in [2.05, 4.69) is 55.1 Å². The Morgan fingerprint density at radius 1 is 1.26 bits per heavy atom. The zero-order valence-corrected chi connectivity index (χ0v) is 13.1. The molecule has 0 fully saturated rings. The predicted molar refractivity (Wildman–Crippen MR) is 79.0 cm³/mol. The maximum Gasteiger partial charge on any atom is 0.0965 e. The second-order valence-electron chi connectivity index (χ2n) is 6.01. The summed E-state index contributed by atoms with van der Waals surface area (Å²) in [7, 11) is 0. The molecule has 1 aromatic heterocycles. The zero-order chi connectivity index (χ0) is 14.3. The molecule has 0 bridgehead atoms. The summed E-state index contributed by atoms with van der Waals surface area (Å²) in [5.41, 5.74) is 1.12. The Balaban J connectivity index is 2.38. The topological polar surface area (TPSA) is 46.0 Å². The summed E-state index contributed by atoms with van der Waals surface area (Å²) in [6.07, 6.45) is 3.24. The maximum atomic E-state index is 4.20. The largest absolute Gasteiger partial charge is 0.306 e. The van der Waals surface area contributed by atoms with Gasteiger partial charge < -0.3 is 10.2 Å². The molecule has 0 spiro atoms. The summed E-state index contributed by atoms with van der Waals surface area (Å²) in [5.74, 6) is 0. The Kier molecular flexibility index (Phi) is 6.45. The van der Waals surface area contributed by atoms with E-state index in [0.717, 1.165) is 38.4 Å². The zero-order valence-electron chi connectivity index (χ0n) is 13.1. The lowest BCUT2D eigenvalue weighted by Crippen LogP contribution is -2.35. The highest BCUT2D eigenvalue weighted by molar-refractivity contribution is 4.93. The van der Waals surface area contributed by atoms with Crippen molar-refractivity contribution >= 4 is 0 Å². The summed E-state index contributed by atoms with van der Waals surface area (Å²) in [6.45, 7) is 15.9. The quantitative estimate of drug-likeness (QED) is 0.781. The van der Waals surface area contributed by atoms with Crippen LogP contribution < -0.4 is 5.32 Å². The molecule has 0 aliphatic carbocycles. The fourth-order valence-corrected chi connectivity index (χ4v) is 1.87. The minimum Gasteiger partial charge on any atom is -0.306 e. The van der Waals surface area contributed by atoms with Gasteiger partial charge in [-0.3, -0.25) is 4.68 Å². The number of aromatic nitrogens is 3. The first-order chi connectivity index (χ1) is 8.94. The Labute approximate surface area is 117 Å². The van der Waals surface area contributed by atoms with Gasteiger partial charge in [0, 0.05) is 24.8 Å². The third kappa shape index (κ3) is 6.68. The van der Waals surface area contributed by atoms with Crippen molar-refractivity contribution in [3.63, 3.8) is 0 Å². The Morgan fingerprint density at radius 3 is 2.58 bits per heavy atom. The van der Waals surface area contributed by atoms with E-state index in [1.54, 1.807) is 0 Å². The molecule has 1 heterocycles. The van der Waals surface area contributed by atoms with Gasteiger partial charge in [-0.25, -0.2) is 0 Å². The molecule has 5 heteroatoms. The van der Waals surface area contributed by atoms with Crippen molar-refractivity contribution in [2.24, 2.45) is 0 Å². The highest BCUT2D eigenvalue weighted by Gasteiger charge is 2.10. The number of hydrogen-bond acceptors (Lipinski definition) is 4. The van der Waals surface area contributed by atoms with Gasteiger partial charge in [-0.15, -0.1) is 5.10 Å². The molecule has 1 N–H and O–H groups in total. The van der Waals surface area contributed by atoms with E-state index >= 15 is 0 Å². The lowest BCUT2D eigenvalue weighted by atomic mass is 10.1. The van der Waals surface area contributed by atoms with Crippen LogP contribution >= 0.6 is 0 Å². The van der Waals surface area contributed by atoms with Crippen molar-refractivity contribution in [2.75, 3.05) is 19.6 Å². The van der Waals surface area contributed by atoms with Gasteiger partial charge in [0.1, 0.15) is 0 Å². The number of nitrogens with one attached hydrogen (secondary N) is 1. The van der Waals surface area contributed by atoms with Crippen molar-refractivity contribution in [1.82, 2.24) is 25.2 Å². The van der Waals surface area contributed by atoms with Gasteiger partial charge in [0.15, 0.2) is 0 Å². The van der Waals surface area contributed by atoms with E-state index in [-0.39, 0.29) is 5.54 Å². The molecule has 19 heavy (non-hydrogen) atoms. The minimum absolute atomic E-state index is 0.115. The van der Waals surface area contributed by atoms with Gasteiger partial charge in [-0.2, -0.15) is 0 Å². The third-order valence-corrected chi connectivity index (χ3v) is 3.02. The minimum atomic E-state index is 0.115. The Hall–Kier alpha value is -0.940. The van der Waals surface area contributed by atoms with E-state index < -0.39 is 0 Å². The van der Waals surface area contributed by atoms with Crippen LogP contribution in [0.25, 0.3) is 0 Å². The fourth-order valence-electron chi connectivity index (χ4n) is 1.87. The van der Waals surface area contributed by atoms with E-state index in [1.807, 2.05) is 10.9 Å². The van der Waals surface area contributed by atoms with E-state index in [1.165, 1.54) is 6.42 Å². The van der Waals surface area contributed by atoms with Crippen LogP contribution in [-0.4, -0.2) is 45.1 Å². The van der Waals surface area contributed by atoms with E-state index in [0.29, 0.717) is 0 Å². The monoisotopic (exact) mass is 267 g/mol. The average molecular weight is 267 g/mol. The highest BCUT2D eigenvalue weighted by Crippen LogP contribution is 2.02. The standard InChI is InChI=1S/C14H29N5/c1-6-8-18(7-2)9-10-19-12-13(16-17-19)11-15-14(3,4)5/h12,15H,6-11H2,1-5H3. The molecule has 110 valence electrons. The van der Waals surface area contributed by atoms with Crippen LogP contribution in [0.5, 0.6) is 0 Å². The van der Waals surface area contributed by atoms with E-state index in [4.69, 9.17) is 0 Å². The van der Waals surface area contributed by atoms with Gasteiger partial charge in [-0.1, -0.05) is 19.1 Å².